The molecule has 21 heavy (non-hydrogen) atoms. The summed E-state index contributed by atoms with van der Waals surface area (Å²) < 4.78 is 0. The Kier molecular flexibility index (Phi) is 4.92. The van der Waals surface area contributed by atoms with Crippen molar-refractivity contribution in [2.45, 2.75) is 95.3 Å². The van der Waals surface area contributed by atoms with E-state index in [1.165, 1.54) is 64.3 Å². The molecule has 3 fully saturated rings. The van der Waals surface area contributed by atoms with Crippen molar-refractivity contribution < 1.29 is 5.11 Å². The largest absolute Gasteiger partial charge is 0.394 e. The number of rotatable bonds is 6. The van der Waals surface area contributed by atoms with Gasteiger partial charge in [-0.3, -0.25) is 4.90 Å². The number of aliphatic hydroxyl groups is 1. The van der Waals surface area contributed by atoms with E-state index in [0.29, 0.717) is 18.6 Å². The lowest BCUT2D eigenvalue weighted by atomic mass is 9.84. The van der Waals surface area contributed by atoms with E-state index in [4.69, 9.17) is 0 Å². The molecular formula is C18H34N2O. The van der Waals surface area contributed by atoms with E-state index in [2.05, 4.69) is 24.1 Å². The van der Waals surface area contributed by atoms with E-state index in [1.807, 2.05) is 0 Å². The summed E-state index contributed by atoms with van der Waals surface area (Å²) in [5.41, 5.74) is 0.0451. The molecule has 0 aromatic heterocycles. The van der Waals surface area contributed by atoms with Crippen molar-refractivity contribution in [1.82, 2.24) is 10.2 Å². The van der Waals surface area contributed by atoms with E-state index >= 15 is 0 Å². The molecule has 1 heterocycles. The summed E-state index contributed by atoms with van der Waals surface area (Å²) in [6, 6.07) is 2.19. The fourth-order valence-corrected chi connectivity index (χ4v) is 4.86. The van der Waals surface area contributed by atoms with Crippen LogP contribution in [0.4, 0.5) is 0 Å². The van der Waals surface area contributed by atoms with Gasteiger partial charge >= 0.3 is 0 Å². The number of likely N-dealkylation sites (tertiary alicyclic amines) is 1. The van der Waals surface area contributed by atoms with Crippen molar-refractivity contribution >= 4 is 0 Å². The average molecular weight is 294 g/mol. The predicted octanol–water partition coefficient (Wildman–Crippen LogP) is 2.92. The van der Waals surface area contributed by atoms with Crippen LogP contribution in [-0.2, 0) is 0 Å². The van der Waals surface area contributed by atoms with Crippen LogP contribution in [0.25, 0.3) is 0 Å². The highest BCUT2D eigenvalue weighted by Crippen LogP contribution is 2.40. The highest BCUT2D eigenvalue weighted by molar-refractivity contribution is 5.03. The van der Waals surface area contributed by atoms with Gasteiger partial charge in [0, 0.05) is 23.7 Å². The van der Waals surface area contributed by atoms with Crippen LogP contribution < -0.4 is 5.32 Å². The lowest BCUT2D eigenvalue weighted by molar-refractivity contribution is 0.0731. The van der Waals surface area contributed by atoms with Crippen LogP contribution in [0.1, 0.15) is 71.6 Å². The minimum atomic E-state index is 0.0451. The Morgan fingerprint density at radius 2 is 1.76 bits per heavy atom. The molecular weight excluding hydrogens is 260 g/mol. The molecule has 0 aromatic carbocycles. The molecule has 3 rings (SSSR count). The van der Waals surface area contributed by atoms with Crippen LogP contribution in [0.3, 0.4) is 0 Å². The molecule has 1 saturated heterocycles. The Hall–Kier alpha value is -0.120. The lowest BCUT2D eigenvalue weighted by Crippen LogP contribution is -2.53. The summed E-state index contributed by atoms with van der Waals surface area (Å²) in [5, 5.41) is 13.8. The molecule has 1 aliphatic heterocycles. The number of nitrogens with zero attached hydrogens (tertiary/aromatic N) is 1. The molecule has 0 spiro atoms. The molecule has 3 nitrogen and oxygen atoms in total. The number of nitrogens with one attached hydrogen (secondary N) is 1. The van der Waals surface area contributed by atoms with Gasteiger partial charge in [0.15, 0.2) is 0 Å². The fraction of sp³-hybridized carbons (Fsp3) is 1.00. The quantitative estimate of drug-likeness (QED) is 0.790. The minimum Gasteiger partial charge on any atom is -0.394 e. The number of hydrogen-bond acceptors (Lipinski definition) is 3. The summed E-state index contributed by atoms with van der Waals surface area (Å²) in [4.78, 5) is 2.72. The van der Waals surface area contributed by atoms with Crippen LogP contribution in [0, 0.1) is 5.92 Å². The van der Waals surface area contributed by atoms with Crippen molar-refractivity contribution in [2.24, 2.45) is 5.92 Å². The van der Waals surface area contributed by atoms with E-state index in [-0.39, 0.29) is 5.54 Å². The summed E-state index contributed by atoms with van der Waals surface area (Å²) in [7, 11) is 0. The third-order valence-corrected chi connectivity index (χ3v) is 6.42. The standard InChI is InChI=1S/C18H34N2O/c1-14-5-3-6-15(2)20(14)12-10-16-7-4-11-18(16,13-21)19-17-8-9-17/h14-17,19,21H,3-13H2,1-2H3. The van der Waals surface area contributed by atoms with Gasteiger partial charge in [-0.25, -0.2) is 0 Å². The van der Waals surface area contributed by atoms with Crippen molar-refractivity contribution in [3.8, 4) is 0 Å². The van der Waals surface area contributed by atoms with E-state index in [9.17, 15) is 5.11 Å². The second-order valence-corrected chi connectivity index (χ2v) is 7.98. The van der Waals surface area contributed by atoms with Crippen LogP contribution in [-0.4, -0.2) is 46.8 Å². The zero-order valence-corrected chi connectivity index (χ0v) is 14.0. The number of hydrogen-bond donors (Lipinski definition) is 2. The molecule has 2 N–H and O–H groups in total. The molecule has 122 valence electrons. The second-order valence-electron chi connectivity index (χ2n) is 7.98. The molecule has 2 saturated carbocycles. The molecule has 4 atom stereocenters. The third-order valence-electron chi connectivity index (χ3n) is 6.42. The topological polar surface area (TPSA) is 35.5 Å². The SMILES string of the molecule is CC1CCCC(C)N1CCC1CCCC1(CO)NC1CC1. The van der Waals surface area contributed by atoms with E-state index < -0.39 is 0 Å². The van der Waals surface area contributed by atoms with Gasteiger partial charge in [0.05, 0.1) is 6.61 Å². The lowest BCUT2D eigenvalue weighted by Gasteiger charge is -2.41. The van der Waals surface area contributed by atoms with Crippen LogP contribution in [0.15, 0.2) is 0 Å². The van der Waals surface area contributed by atoms with Crippen LogP contribution >= 0.6 is 0 Å². The highest BCUT2D eigenvalue weighted by atomic mass is 16.3. The molecule has 0 aromatic rings. The zero-order chi connectivity index (χ0) is 14.9. The first-order valence-electron chi connectivity index (χ1n) is 9.29. The van der Waals surface area contributed by atoms with Gasteiger partial charge in [0.25, 0.3) is 0 Å². The van der Waals surface area contributed by atoms with Crippen molar-refractivity contribution in [3.63, 3.8) is 0 Å². The third kappa shape index (κ3) is 3.46. The van der Waals surface area contributed by atoms with E-state index in [0.717, 1.165) is 12.1 Å². The molecule has 2 aliphatic carbocycles. The Morgan fingerprint density at radius 1 is 1.05 bits per heavy atom. The van der Waals surface area contributed by atoms with Gasteiger partial charge < -0.3 is 10.4 Å². The summed E-state index contributed by atoms with van der Waals surface area (Å²) in [5.74, 6) is 0.671. The first-order chi connectivity index (χ1) is 10.1. The van der Waals surface area contributed by atoms with Crippen LogP contribution in [0.5, 0.6) is 0 Å². The normalized spacial score (nSPS) is 41.6. The average Bonchev–Trinajstić information content (AvgIpc) is 3.18. The Bertz CT molecular complexity index is 334. The monoisotopic (exact) mass is 294 g/mol. The summed E-state index contributed by atoms with van der Waals surface area (Å²) in [6.07, 6.45) is 11.8. The number of piperidine rings is 1. The van der Waals surface area contributed by atoms with E-state index in [1.54, 1.807) is 0 Å². The predicted molar refractivity (Wildman–Crippen MR) is 87.4 cm³/mol. The van der Waals surface area contributed by atoms with Gasteiger partial charge in [0.2, 0.25) is 0 Å². The van der Waals surface area contributed by atoms with Crippen molar-refractivity contribution in [2.75, 3.05) is 13.2 Å². The molecule has 4 unspecified atom stereocenters. The van der Waals surface area contributed by atoms with Gasteiger partial charge in [0.1, 0.15) is 0 Å². The molecule has 3 aliphatic rings. The van der Waals surface area contributed by atoms with Gasteiger partial charge in [-0.15, -0.1) is 0 Å². The Balaban J connectivity index is 1.57. The summed E-state index contributed by atoms with van der Waals surface area (Å²) >= 11 is 0. The zero-order valence-electron chi connectivity index (χ0n) is 14.0. The second kappa shape index (κ2) is 6.55. The first kappa shape index (κ1) is 15.8. The Morgan fingerprint density at radius 3 is 2.38 bits per heavy atom. The van der Waals surface area contributed by atoms with Crippen LogP contribution in [0.2, 0.25) is 0 Å². The minimum absolute atomic E-state index is 0.0451. The van der Waals surface area contributed by atoms with Gasteiger partial charge in [-0.2, -0.15) is 0 Å². The highest BCUT2D eigenvalue weighted by Gasteiger charge is 2.45. The Labute approximate surface area is 130 Å². The van der Waals surface area contributed by atoms with Gasteiger partial charge in [-0.05, 0) is 71.3 Å². The van der Waals surface area contributed by atoms with Crippen molar-refractivity contribution in [3.05, 3.63) is 0 Å². The molecule has 0 bridgehead atoms. The van der Waals surface area contributed by atoms with Gasteiger partial charge in [-0.1, -0.05) is 12.8 Å². The fourth-order valence-electron chi connectivity index (χ4n) is 4.86. The maximum atomic E-state index is 10.0. The first-order valence-corrected chi connectivity index (χ1v) is 9.29. The smallest absolute Gasteiger partial charge is 0.0616 e. The summed E-state index contributed by atoms with van der Waals surface area (Å²) in [6.45, 7) is 6.35. The number of aliphatic hydroxyl groups excluding tert-OH is 1. The maximum absolute atomic E-state index is 10.0. The molecule has 0 amide bonds. The molecule has 3 heteroatoms. The molecule has 0 radical (unpaired) electrons. The maximum Gasteiger partial charge on any atom is 0.0616 e. The van der Waals surface area contributed by atoms with Crippen molar-refractivity contribution in [1.29, 1.82) is 0 Å².